The number of piperidine rings is 1. The molecule has 4 heteroatoms. The van der Waals surface area contributed by atoms with Gasteiger partial charge in [0, 0.05) is 17.8 Å². The summed E-state index contributed by atoms with van der Waals surface area (Å²) in [5.74, 6) is 0. The largest absolute Gasteiger partial charge is 0.345 e. The van der Waals surface area contributed by atoms with Crippen molar-refractivity contribution in [3.05, 3.63) is 35.2 Å². The van der Waals surface area contributed by atoms with Crippen molar-refractivity contribution >= 4 is 17.1 Å². The summed E-state index contributed by atoms with van der Waals surface area (Å²) in [5, 5.41) is 13.3. The predicted octanol–water partition coefficient (Wildman–Crippen LogP) is 2.20. The highest BCUT2D eigenvalue weighted by molar-refractivity contribution is 5.84. The van der Waals surface area contributed by atoms with E-state index in [-0.39, 0.29) is 0 Å². The van der Waals surface area contributed by atoms with E-state index >= 15 is 0 Å². The van der Waals surface area contributed by atoms with Crippen LogP contribution in [0.1, 0.15) is 24.0 Å². The molecule has 2 aromatic rings. The summed E-state index contributed by atoms with van der Waals surface area (Å²) in [7, 11) is 0. The summed E-state index contributed by atoms with van der Waals surface area (Å²) >= 11 is 0. The molecule has 1 aliphatic rings. The monoisotopic (exact) mass is 238 g/mol. The summed E-state index contributed by atoms with van der Waals surface area (Å²) in [6, 6.07) is 4.21. The lowest BCUT2D eigenvalue weighted by molar-refractivity contribution is 0.613. The van der Waals surface area contributed by atoms with Crippen LogP contribution in [0.25, 0.3) is 17.1 Å². The van der Waals surface area contributed by atoms with Crippen molar-refractivity contribution in [2.45, 2.75) is 12.8 Å². The van der Waals surface area contributed by atoms with E-state index in [1.165, 1.54) is 5.57 Å². The molecule has 18 heavy (non-hydrogen) atoms. The molecule has 1 aliphatic heterocycles. The van der Waals surface area contributed by atoms with Gasteiger partial charge in [0.05, 0.1) is 5.56 Å². The molecule has 0 aliphatic carbocycles. The second kappa shape index (κ2) is 4.63. The van der Waals surface area contributed by atoms with Crippen LogP contribution in [0.4, 0.5) is 0 Å². The standard InChI is InChI=1S/C14H14N4/c15-7-12-9-18-14-13(12)6-11(8-17-14)5-10-1-3-16-4-2-10/h5-6,8-9,16H,1-4H2,(H,17,18). The molecule has 2 N–H and O–H groups in total. The quantitative estimate of drug-likeness (QED) is 0.800. The molecule has 0 saturated carbocycles. The van der Waals surface area contributed by atoms with Crippen LogP contribution in [-0.2, 0) is 0 Å². The van der Waals surface area contributed by atoms with Gasteiger partial charge in [0.15, 0.2) is 0 Å². The zero-order valence-corrected chi connectivity index (χ0v) is 10.0. The minimum absolute atomic E-state index is 0.656. The van der Waals surface area contributed by atoms with Gasteiger partial charge in [-0.3, -0.25) is 0 Å². The highest BCUT2D eigenvalue weighted by Crippen LogP contribution is 2.20. The number of nitriles is 1. The molecule has 0 bridgehead atoms. The third-order valence-electron chi connectivity index (χ3n) is 3.29. The molecule has 3 heterocycles. The van der Waals surface area contributed by atoms with Gasteiger partial charge in [-0.2, -0.15) is 5.26 Å². The molecule has 1 saturated heterocycles. The summed E-state index contributed by atoms with van der Waals surface area (Å²) in [6.45, 7) is 2.10. The van der Waals surface area contributed by atoms with Gasteiger partial charge in [0.1, 0.15) is 11.7 Å². The minimum atomic E-state index is 0.656. The Kier molecular flexibility index (Phi) is 2.83. The molecule has 0 aromatic carbocycles. The number of aromatic amines is 1. The predicted molar refractivity (Wildman–Crippen MR) is 70.9 cm³/mol. The smallest absolute Gasteiger partial charge is 0.138 e. The number of nitrogens with one attached hydrogen (secondary N) is 2. The number of hydrogen-bond donors (Lipinski definition) is 2. The molecule has 0 unspecified atom stereocenters. The van der Waals surface area contributed by atoms with Crippen LogP contribution in [0.3, 0.4) is 0 Å². The highest BCUT2D eigenvalue weighted by Gasteiger charge is 2.07. The lowest BCUT2D eigenvalue weighted by Gasteiger charge is -2.15. The summed E-state index contributed by atoms with van der Waals surface area (Å²) < 4.78 is 0. The number of pyridine rings is 1. The lowest BCUT2D eigenvalue weighted by atomic mass is 10.0. The van der Waals surface area contributed by atoms with Gasteiger partial charge in [-0.25, -0.2) is 4.98 Å². The fourth-order valence-electron chi connectivity index (χ4n) is 2.32. The summed E-state index contributed by atoms with van der Waals surface area (Å²) in [5.41, 5.74) is 3.96. The number of nitrogens with zero attached hydrogens (tertiary/aromatic N) is 2. The van der Waals surface area contributed by atoms with Crippen molar-refractivity contribution in [1.82, 2.24) is 15.3 Å². The van der Waals surface area contributed by atoms with E-state index in [2.05, 4.69) is 27.4 Å². The maximum absolute atomic E-state index is 9.02. The van der Waals surface area contributed by atoms with E-state index in [9.17, 15) is 0 Å². The molecule has 0 atom stereocenters. The first kappa shape index (κ1) is 11.0. The molecule has 3 rings (SSSR count). The van der Waals surface area contributed by atoms with Crippen LogP contribution in [-0.4, -0.2) is 23.1 Å². The molecule has 0 spiro atoms. The second-order valence-electron chi connectivity index (χ2n) is 4.53. The molecule has 1 fully saturated rings. The van der Waals surface area contributed by atoms with Gasteiger partial charge >= 0.3 is 0 Å². The van der Waals surface area contributed by atoms with Gasteiger partial charge in [-0.15, -0.1) is 0 Å². The summed E-state index contributed by atoms with van der Waals surface area (Å²) in [6.07, 6.45) is 7.95. The van der Waals surface area contributed by atoms with Crippen molar-refractivity contribution < 1.29 is 0 Å². The van der Waals surface area contributed by atoms with Gasteiger partial charge < -0.3 is 10.3 Å². The fourth-order valence-corrected chi connectivity index (χ4v) is 2.32. The van der Waals surface area contributed by atoms with Gasteiger partial charge in [0.25, 0.3) is 0 Å². The number of fused-ring (bicyclic) bond motifs is 1. The Balaban J connectivity index is 1.99. The van der Waals surface area contributed by atoms with Crippen molar-refractivity contribution in [3.8, 4) is 6.07 Å². The Morgan fingerprint density at radius 1 is 1.33 bits per heavy atom. The second-order valence-corrected chi connectivity index (χ2v) is 4.53. The van der Waals surface area contributed by atoms with Gasteiger partial charge in [-0.1, -0.05) is 11.6 Å². The van der Waals surface area contributed by atoms with Crippen LogP contribution in [0, 0.1) is 11.3 Å². The molecule has 2 aromatic heterocycles. The van der Waals surface area contributed by atoms with E-state index in [1.54, 1.807) is 6.20 Å². The number of hydrogen-bond acceptors (Lipinski definition) is 3. The Morgan fingerprint density at radius 2 is 2.17 bits per heavy atom. The lowest BCUT2D eigenvalue weighted by Crippen LogP contribution is -2.22. The van der Waals surface area contributed by atoms with Crippen LogP contribution in [0.2, 0.25) is 0 Å². The van der Waals surface area contributed by atoms with E-state index in [4.69, 9.17) is 5.26 Å². The van der Waals surface area contributed by atoms with Gasteiger partial charge in [-0.05, 0) is 37.6 Å². The first-order valence-electron chi connectivity index (χ1n) is 6.14. The molecular formula is C14H14N4. The normalized spacial score (nSPS) is 15.6. The third kappa shape index (κ3) is 2.01. The Morgan fingerprint density at radius 3 is 2.94 bits per heavy atom. The first-order valence-corrected chi connectivity index (χ1v) is 6.14. The number of H-pyrrole nitrogens is 1. The zero-order chi connectivity index (χ0) is 12.4. The topological polar surface area (TPSA) is 64.5 Å². The fraction of sp³-hybridized carbons (Fsp3) is 0.286. The van der Waals surface area contributed by atoms with E-state index in [0.29, 0.717) is 5.56 Å². The number of aromatic nitrogens is 2. The average Bonchev–Trinajstić information content (AvgIpc) is 2.82. The van der Waals surface area contributed by atoms with Crippen LogP contribution in [0.5, 0.6) is 0 Å². The first-order chi connectivity index (χ1) is 8.86. The number of rotatable bonds is 1. The maximum Gasteiger partial charge on any atom is 0.138 e. The highest BCUT2D eigenvalue weighted by atomic mass is 14.9. The molecular weight excluding hydrogens is 224 g/mol. The van der Waals surface area contributed by atoms with Gasteiger partial charge in [0.2, 0.25) is 0 Å². The molecule has 90 valence electrons. The minimum Gasteiger partial charge on any atom is -0.345 e. The van der Waals surface area contributed by atoms with Crippen molar-refractivity contribution in [1.29, 1.82) is 5.26 Å². The third-order valence-corrected chi connectivity index (χ3v) is 3.29. The zero-order valence-electron chi connectivity index (χ0n) is 10.0. The van der Waals surface area contributed by atoms with E-state index < -0.39 is 0 Å². The van der Waals surface area contributed by atoms with Crippen molar-refractivity contribution in [3.63, 3.8) is 0 Å². The Labute approximate surface area is 105 Å². The van der Waals surface area contributed by atoms with E-state index in [1.807, 2.05) is 12.3 Å². The van der Waals surface area contributed by atoms with E-state index in [0.717, 1.165) is 42.5 Å². The van der Waals surface area contributed by atoms with Crippen LogP contribution < -0.4 is 5.32 Å². The Bertz CT molecular complexity index is 637. The SMILES string of the molecule is N#Cc1c[nH]c2ncc(C=C3CCNCC3)cc12. The van der Waals surface area contributed by atoms with Crippen LogP contribution >= 0.6 is 0 Å². The molecule has 0 radical (unpaired) electrons. The average molecular weight is 238 g/mol. The van der Waals surface area contributed by atoms with Crippen molar-refractivity contribution in [2.75, 3.05) is 13.1 Å². The molecule has 4 nitrogen and oxygen atoms in total. The van der Waals surface area contributed by atoms with Crippen LogP contribution in [0.15, 0.2) is 24.0 Å². The Hall–Kier alpha value is -2.12. The molecule has 0 amide bonds. The summed E-state index contributed by atoms with van der Waals surface area (Å²) in [4.78, 5) is 7.35. The van der Waals surface area contributed by atoms with Crippen molar-refractivity contribution in [2.24, 2.45) is 0 Å². The maximum atomic E-state index is 9.02.